The minimum Gasteiger partial charge on any atom is -0.105 e. The molecule has 0 radical (unpaired) electrons. The minimum absolute atomic E-state index is 0.136. The SMILES string of the molecule is ClC(Cl)CC(Cl)(Cl)C(Cl)Cl. The third-order valence-corrected chi connectivity index (χ3v) is 2.99. The van der Waals surface area contributed by atoms with Crippen molar-refractivity contribution in [2.45, 2.75) is 20.4 Å². The molecule has 0 aromatic carbocycles. The lowest BCUT2D eigenvalue weighted by Gasteiger charge is -2.20. The molecule has 0 aromatic heterocycles. The largest absolute Gasteiger partial charge is 0.150 e. The molecule has 0 fully saturated rings. The van der Waals surface area contributed by atoms with Gasteiger partial charge in [-0.05, 0) is 0 Å². The summed E-state index contributed by atoms with van der Waals surface area (Å²) in [5, 5.41) is 0. The number of alkyl halides is 6. The molecule has 0 aliphatic rings. The van der Waals surface area contributed by atoms with E-state index < -0.39 is 14.0 Å². The molecule has 0 aliphatic heterocycles. The third-order valence-electron chi connectivity index (χ3n) is 0.746. The lowest BCUT2D eigenvalue weighted by atomic mass is 10.3. The van der Waals surface area contributed by atoms with Crippen LogP contribution in [-0.2, 0) is 0 Å². The average molecular weight is 265 g/mol. The van der Waals surface area contributed by atoms with Gasteiger partial charge in [-0.2, -0.15) is 0 Å². The van der Waals surface area contributed by atoms with Gasteiger partial charge in [0.25, 0.3) is 0 Å². The maximum absolute atomic E-state index is 5.60. The zero-order valence-corrected chi connectivity index (χ0v) is 9.17. The minimum atomic E-state index is -1.27. The summed E-state index contributed by atoms with van der Waals surface area (Å²) >= 11 is 32.8. The summed E-state index contributed by atoms with van der Waals surface area (Å²) in [5.41, 5.74) is 0. The van der Waals surface area contributed by atoms with Gasteiger partial charge in [0.15, 0.2) is 4.33 Å². The van der Waals surface area contributed by atoms with Gasteiger partial charge in [-0.25, -0.2) is 0 Å². The van der Waals surface area contributed by atoms with Crippen LogP contribution < -0.4 is 0 Å². The van der Waals surface area contributed by atoms with Gasteiger partial charge in [-0.15, -0.1) is 46.4 Å². The van der Waals surface area contributed by atoms with Gasteiger partial charge in [0, 0.05) is 6.42 Å². The van der Waals surface area contributed by atoms with Crippen LogP contribution in [0.3, 0.4) is 0 Å². The molecule has 6 heteroatoms. The smallest absolute Gasteiger partial charge is 0.105 e. The lowest BCUT2D eigenvalue weighted by molar-refractivity contribution is 0.777. The number of halogens is 6. The molecule has 0 aromatic rings. The van der Waals surface area contributed by atoms with Crippen molar-refractivity contribution in [1.82, 2.24) is 0 Å². The second kappa shape index (κ2) is 4.69. The summed E-state index contributed by atoms with van der Waals surface area (Å²) in [4.78, 5) is -1.55. The molecule has 0 saturated carbocycles. The zero-order chi connectivity index (χ0) is 8.36. The molecule has 0 unspecified atom stereocenters. The Balaban J connectivity index is 3.87. The maximum atomic E-state index is 5.60. The Labute approximate surface area is 89.7 Å². The highest BCUT2D eigenvalue weighted by Gasteiger charge is 2.33. The predicted octanol–water partition coefficient (Wildman–Crippen LogP) is 4.16. The van der Waals surface area contributed by atoms with Gasteiger partial charge >= 0.3 is 0 Å². The molecule has 0 N–H and O–H groups in total. The van der Waals surface area contributed by atoms with Crippen molar-refractivity contribution in [2.75, 3.05) is 0 Å². The van der Waals surface area contributed by atoms with E-state index in [0.717, 1.165) is 0 Å². The third kappa shape index (κ3) is 4.58. The molecule has 0 nitrogen and oxygen atoms in total. The van der Waals surface area contributed by atoms with Crippen molar-refractivity contribution in [2.24, 2.45) is 0 Å². The molecule has 62 valence electrons. The molecule has 0 amide bonds. The summed E-state index contributed by atoms with van der Waals surface area (Å²) < 4.78 is -1.27. The van der Waals surface area contributed by atoms with E-state index in [2.05, 4.69) is 0 Å². The first-order valence-corrected chi connectivity index (χ1v) is 4.80. The van der Waals surface area contributed by atoms with Crippen LogP contribution in [-0.4, -0.2) is 14.0 Å². The molecule has 0 aliphatic carbocycles. The van der Waals surface area contributed by atoms with Gasteiger partial charge in [-0.3, -0.25) is 0 Å². The van der Waals surface area contributed by atoms with Crippen LogP contribution in [0.1, 0.15) is 6.42 Å². The van der Waals surface area contributed by atoms with E-state index in [-0.39, 0.29) is 6.42 Å². The van der Waals surface area contributed by atoms with Crippen LogP contribution in [0.5, 0.6) is 0 Å². The Morgan fingerprint density at radius 2 is 1.40 bits per heavy atom. The summed E-state index contributed by atoms with van der Waals surface area (Å²) in [5.74, 6) is 0. The summed E-state index contributed by atoms with van der Waals surface area (Å²) in [6.07, 6.45) is 0.136. The van der Waals surface area contributed by atoms with Gasteiger partial charge in [0.05, 0.1) is 0 Å². The van der Waals surface area contributed by atoms with Gasteiger partial charge in [0.1, 0.15) is 9.67 Å². The molecule has 0 atom stereocenters. The first-order chi connectivity index (χ1) is 4.36. The molecule has 0 rings (SSSR count). The second-order valence-electron chi connectivity index (χ2n) is 1.66. The van der Waals surface area contributed by atoms with E-state index in [1.54, 1.807) is 0 Å². The second-order valence-corrected chi connectivity index (χ2v) is 5.57. The standard InChI is InChI=1S/C4H4Cl6/c5-2(6)1-4(9,10)3(7)8/h2-3H,1H2. The Hall–Kier alpha value is 1.74. The molecule has 10 heavy (non-hydrogen) atoms. The van der Waals surface area contributed by atoms with Crippen LogP contribution in [0, 0.1) is 0 Å². The highest BCUT2D eigenvalue weighted by Crippen LogP contribution is 2.38. The van der Waals surface area contributed by atoms with Gasteiger partial charge in [-0.1, -0.05) is 23.2 Å². The van der Waals surface area contributed by atoms with Crippen molar-refractivity contribution in [3.63, 3.8) is 0 Å². The van der Waals surface area contributed by atoms with Crippen molar-refractivity contribution < 1.29 is 0 Å². The number of rotatable bonds is 3. The molecule has 0 spiro atoms. The Morgan fingerprint density at radius 3 is 1.50 bits per heavy atom. The van der Waals surface area contributed by atoms with E-state index in [1.807, 2.05) is 0 Å². The van der Waals surface area contributed by atoms with Crippen LogP contribution >= 0.6 is 69.6 Å². The highest BCUT2D eigenvalue weighted by molar-refractivity contribution is 6.60. The average Bonchev–Trinajstić information content (AvgIpc) is 1.60. The normalized spacial score (nSPS) is 13.2. The quantitative estimate of drug-likeness (QED) is 0.672. The van der Waals surface area contributed by atoms with E-state index in [4.69, 9.17) is 69.6 Å². The Kier molecular flexibility index (Phi) is 5.51. The molecular formula is C4H4Cl6. The highest BCUT2D eigenvalue weighted by atomic mass is 35.5. The van der Waals surface area contributed by atoms with E-state index in [9.17, 15) is 0 Å². The fraction of sp³-hybridized carbons (Fsp3) is 1.00. The maximum Gasteiger partial charge on any atom is 0.150 e. The molecule has 0 heterocycles. The Morgan fingerprint density at radius 1 is 1.00 bits per heavy atom. The fourth-order valence-corrected chi connectivity index (χ4v) is 1.58. The van der Waals surface area contributed by atoms with Crippen molar-refractivity contribution in [1.29, 1.82) is 0 Å². The fourth-order valence-electron chi connectivity index (χ4n) is 0.295. The topological polar surface area (TPSA) is 0 Å². The number of hydrogen-bond donors (Lipinski definition) is 0. The summed E-state index contributed by atoms with van der Waals surface area (Å²) in [7, 11) is 0. The monoisotopic (exact) mass is 262 g/mol. The van der Waals surface area contributed by atoms with Crippen molar-refractivity contribution in [3.8, 4) is 0 Å². The van der Waals surface area contributed by atoms with Crippen molar-refractivity contribution in [3.05, 3.63) is 0 Å². The van der Waals surface area contributed by atoms with Crippen LogP contribution in [0.25, 0.3) is 0 Å². The van der Waals surface area contributed by atoms with E-state index in [0.29, 0.717) is 0 Å². The number of hydrogen-bond acceptors (Lipinski definition) is 0. The lowest BCUT2D eigenvalue weighted by Crippen LogP contribution is -2.24. The zero-order valence-electron chi connectivity index (χ0n) is 4.63. The van der Waals surface area contributed by atoms with Crippen molar-refractivity contribution >= 4 is 69.6 Å². The van der Waals surface area contributed by atoms with Crippen LogP contribution in [0.15, 0.2) is 0 Å². The predicted molar refractivity (Wildman–Crippen MR) is 50.0 cm³/mol. The first-order valence-electron chi connectivity index (χ1n) is 2.30. The Bertz CT molecular complexity index is 97.9. The van der Waals surface area contributed by atoms with Crippen LogP contribution in [0.2, 0.25) is 0 Å². The molecular weight excluding hydrogens is 261 g/mol. The first kappa shape index (κ1) is 11.7. The van der Waals surface area contributed by atoms with E-state index in [1.165, 1.54) is 0 Å². The molecule has 0 saturated heterocycles. The van der Waals surface area contributed by atoms with Gasteiger partial charge < -0.3 is 0 Å². The van der Waals surface area contributed by atoms with E-state index >= 15 is 0 Å². The van der Waals surface area contributed by atoms with Gasteiger partial charge in [0.2, 0.25) is 0 Å². The summed E-state index contributed by atoms with van der Waals surface area (Å²) in [6, 6.07) is 0. The molecule has 0 bridgehead atoms. The summed E-state index contributed by atoms with van der Waals surface area (Å²) in [6.45, 7) is 0. The van der Waals surface area contributed by atoms with Crippen LogP contribution in [0.4, 0.5) is 0 Å².